The van der Waals surface area contributed by atoms with Gasteiger partial charge in [-0.2, -0.15) is 5.26 Å². The Hall–Kier alpha value is -2.07. The van der Waals surface area contributed by atoms with Crippen molar-refractivity contribution in [3.05, 3.63) is 62.7 Å². The molecule has 1 heterocycles. The average Bonchev–Trinajstić information content (AvgIpc) is 2.95. The standard InChI is InChI=1S/C20H20IN3O/c1-13-3-5-15(6-4-13)20(25)23-17-9-14(2)24(12-17)18-8-7-16(11-22)19(21)10-18/h3-8,10,14,17H,9,12H2,1-2H3,(H,23,25)/t14-,17+/m0/s1. The smallest absolute Gasteiger partial charge is 0.251 e. The minimum absolute atomic E-state index is 0.0199. The molecule has 0 aliphatic carbocycles. The molecule has 1 aliphatic heterocycles. The van der Waals surface area contributed by atoms with Crippen LogP contribution in [-0.4, -0.2) is 24.5 Å². The van der Waals surface area contributed by atoms with E-state index >= 15 is 0 Å². The summed E-state index contributed by atoms with van der Waals surface area (Å²) in [7, 11) is 0. The summed E-state index contributed by atoms with van der Waals surface area (Å²) >= 11 is 2.20. The molecule has 0 bridgehead atoms. The second-order valence-corrected chi connectivity index (χ2v) is 7.71. The van der Waals surface area contributed by atoms with Crippen molar-refractivity contribution in [1.82, 2.24) is 5.32 Å². The summed E-state index contributed by atoms with van der Waals surface area (Å²) in [6.07, 6.45) is 0.911. The molecule has 4 nitrogen and oxygen atoms in total. The second kappa shape index (κ2) is 7.44. The van der Waals surface area contributed by atoms with Gasteiger partial charge in [0.1, 0.15) is 6.07 Å². The summed E-state index contributed by atoms with van der Waals surface area (Å²) in [5, 5.41) is 12.2. The number of halogens is 1. The highest BCUT2D eigenvalue weighted by Gasteiger charge is 2.30. The molecule has 2 atom stereocenters. The third-order valence-corrected chi connectivity index (χ3v) is 5.52. The van der Waals surface area contributed by atoms with E-state index in [1.807, 2.05) is 49.4 Å². The zero-order valence-corrected chi connectivity index (χ0v) is 16.4. The molecule has 0 radical (unpaired) electrons. The zero-order chi connectivity index (χ0) is 18.0. The molecule has 2 aromatic carbocycles. The molecule has 1 aliphatic rings. The van der Waals surface area contributed by atoms with Gasteiger partial charge in [0, 0.05) is 33.4 Å². The lowest BCUT2D eigenvalue weighted by atomic mass is 10.1. The molecule has 5 heteroatoms. The maximum absolute atomic E-state index is 12.4. The van der Waals surface area contributed by atoms with E-state index < -0.39 is 0 Å². The van der Waals surface area contributed by atoms with Crippen molar-refractivity contribution >= 4 is 34.2 Å². The zero-order valence-electron chi connectivity index (χ0n) is 14.3. The van der Waals surface area contributed by atoms with Gasteiger partial charge in [0.05, 0.1) is 5.56 Å². The monoisotopic (exact) mass is 445 g/mol. The number of rotatable bonds is 3. The molecule has 25 heavy (non-hydrogen) atoms. The average molecular weight is 445 g/mol. The van der Waals surface area contributed by atoms with Crippen molar-refractivity contribution in [3.63, 3.8) is 0 Å². The van der Waals surface area contributed by atoms with Crippen LogP contribution in [0.2, 0.25) is 0 Å². The third-order valence-electron chi connectivity index (χ3n) is 4.63. The number of carbonyl (C=O) groups is 1. The van der Waals surface area contributed by atoms with Gasteiger partial charge in [-0.1, -0.05) is 17.7 Å². The van der Waals surface area contributed by atoms with E-state index in [4.69, 9.17) is 5.26 Å². The topological polar surface area (TPSA) is 56.1 Å². The van der Waals surface area contributed by atoms with Crippen LogP contribution in [0.25, 0.3) is 0 Å². The number of nitriles is 1. The normalized spacial score (nSPS) is 19.5. The van der Waals surface area contributed by atoms with Crippen LogP contribution in [-0.2, 0) is 0 Å². The van der Waals surface area contributed by atoms with Crippen LogP contribution in [0.4, 0.5) is 5.69 Å². The number of hydrogen-bond acceptors (Lipinski definition) is 3. The number of anilines is 1. The molecule has 128 valence electrons. The first-order valence-electron chi connectivity index (χ1n) is 8.31. The van der Waals surface area contributed by atoms with Crippen LogP contribution >= 0.6 is 22.6 Å². The van der Waals surface area contributed by atoms with Gasteiger partial charge in [-0.3, -0.25) is 4.79 Å². The Bertz CT molecular complexity index is 826. The minimum Gasteiger partial charge on any atom is -0.367 e. The van der Waals surface area contributed by atoms with Crippen LogP contribution in [0.5, 0.6) is 0 Å². The van der Waals surface area contributed by atoms with Crippen molar-refractivity contribution in [3.8, 4) is 6.07 Å². The molecule has 3 rings (SSSR count). The third kappa shape index (κ3) is 3.96. The predicted octanol–water partition coefficient (Wildman–Crippen LogP) is 3.87. The number of benzene rings is 2. The first-order valence-corrected chi connectivity index (χ1v) is 9.39. The fourth-order valence-corrected chi connectivity index (χ4v) is 3.86. The lowest BCUT2D eigenvalue weighted by Crippen LogP contribution is -2.37. The van der Waals surface area contributed by atoms with Crippen LogP contribution in [0.3, 0.4) is 0 Å². The van der Waals surface area contributed by atoms with E-state index in [0.717, 1.165) is 27.8 Å². The van der Waals surface area contributed by atoms with Crippen LogP contribution < -0.4 is 10.2 Å². The van der Waals surface area contributed by atoms with Crippen LogP contribution in [0, 0.1) is 21.8 Å². The number of aryl methyl sites for hydroxylation is 1. The molecular formula is C20H20IN3O. The van der Waals surface area contributed by atoms with Gasteiger partial charge in [-0.15, -0.1) is 0 Å². The Morgan fingerprint density at radius 3 is 2.64 bits per heavy atom. The van der Waals surface area contributed by atoms with E-state index in [-0.39, 0.29) is 11.9 Å². The van der Waals surface area contributed by atoms with Crippen LogP contribution in [0.1, 0.15) is 34.8 Å². The molecule has 0 aromatic heterocycles. The van der Waals surface area contributed by atoms with E-state index in [1.54, 1.807) is 0 Å². The molecule has 2 aromatic rings. The molecule has 1 amide bonds. The Kier molecular flexibility index (Phi) is 5.28. The number of amides is 1. The van der Waals surface area contributed by atoms with E-state index in [9.17, 15) is 4.79 Å². The van der Waals surface area contributed by atoms with Gasteiger partial charge >= 0.3 is 0 Å². The largest absolute Gasteiger partial charge is 0.367 e. The first-order chi connectivity index (χ1) is 12.0. The number of carbonyl (C=O) groups excluding carboxylic acids is 1. The van der Waals surface area contributed by atoms with Crippen molar-refractivity contribution in [2.45, 2.75) is 32.4 Å². The highest BCUT2D eigenvalue weighted by molar-refractivity contribution is 14.1. The first kappa shape index (κ1) is 17.7. The molecule has 1 N–H and O–H groups in total. The molecule has 0 unspecified atom stereocenters. The molecule has 0 spiro atoms. The lowest BCUT2D eigenvalue weighted by molar-refractivity contribution is 0.0940. The van der Waals surface area contributed by atoms with Gasteiger partial charge < -0.3 is 10.2 Å². The molecular weight excluding hydrogens is 425 g/mol. The lowest BCUT2D eigenvalue weighted by Gasteiger charge is -2.24. The highest BCUT2D eigenvalue weighted by Crippen LogP contribution is 2.28. The summed E-state index contributed by atoms with van der Waals surface area (Å²) in [5.74, 6) is -0.0199. The summed E-state index contributed by atoms with van der Waals surface area (Å²) in [6.45, 7) is 4.96. The molecule has 0 saturated carbocycles. The van der Waals surface area contributed by atoms with E-state index in [0.29, 0.717) is 17.2 Å². The highest BCUT2D eigenvalue weighted by atomic mass is 127. The fraction of sp³-hybridized carbons (Fsp3) is 0.300. The Balaban J connectivity index is 1.69. The van der Waals surface area contributed by atoms with Crippen LogP contribution in [0.15, 0.2) is 42.5 Å². The predicted molar refractivity (Wildman–Crippen MR) is 108 cm³/mol. The van der Waals surface area contributed by atoms with Crippen molar-refractivity contribution < 1.29 is 4.79 Å². The Labute approximate surface area is 162 Å². The summed E-state index contributed by atoms with van der Waals surface area (Å²) in [4.78, 5) is 14.7. The molecule has 1 saturated heterocycles. The number of hydrogen-bond donors (Lipinski definition) is 1. The second-order valence-electron chi connectivity index (χ2n) is 6.55. The maximum Gasteiger partial charge on any atom is 0.251 e. The summed E-state index contributed by atoms with van der Waals surface area (Å²) < 4.78 is 0.956. The van der Waals surface area contributed by atoms with E-state index in [1.165, 1.54) is 0 Å². The minimum atomic E-state index is -0.0199. The van der Waals surface area contributed by atoms with Crippen molar-refractivity contribution in [1.29, 1.82) is 5.26 Å². The van der Waals surface area contributed by atoms with Gasteiger partial charge in [0.15, 0.2) is 0 Å². The van der Waals surface area contributed by atoms with E-state index in [2.05, 4.69) is 45.8 Å². The molecule has 1 fully saturated rings. The number of nitrogens with one attached hydrogen (secondary N) is 1. The number of nitrogens with zero attached hydrogens (tertiary/aromatic N) is 2. The quantitative estimate of drug-likeness (QED) is 0.731. The fourth-order valence-electron chi connectivity index (χ4n) is 3.24. The van der Waals surface area contributed by atoms with Gasteiger partial charge in [0.25, 0.3) is 5.91 Å². The van der Waals surface area contributed by atoms with Gasteiger partial charge in [-0.25, -0.2) is 0 Å². The van der Waals surface area contributed by atoms with Gasteiger partial charge in [-0.05, 0) is 73.2 Å². The Morgan fingerprint density at radius 2 is 2.00 bits per heavy atom. The van der Waals surface area contributed by atoms with Crippen molar-refractivity contribution in [2.75, 3.05) is 11.4 Å². The Morgan fingerprint density at radius 1 is 1.28 bits per heavy atom. The van der Waals surface area contributed by atoms with Gasteiger partial charge in [0.2, 0.25) is 0 Å². The summed E-state index contributed by atoms with van der Waals surface area (Å²) in [5.41, 5.74) is 3.64. The summed E-state index contributed by atoms with van der Waals surface area (Å²) in [6, 6.07) is 16.2. The SMILES string of the molecule is Cc1ccc(C(=O)N[C@@H]2C[C@H](C)N(c3ccc(C#N)c(I)c3)C2)cc1. The van der Waals surface area contributed by atoms with Crippen molar-refractivity contribution in [2.24, 2.45) is 0 Å². The maximum atomic E-state index is 12.4.